The molecule has 0 amide bonds. The number of para-hydroxylation sites is 1. The first kappa shape index (κ1) is 11.1. The standard InChI is InChI=1S/C16H17NO/c1-12-5-4-6-14(9-12)18-11-13-10-17-16-8-3-2-7-15(13)16/h2-9,13,17H,10-11H2,1H3. The number of hydrogen-bond donors (Lipinski definition) is 1. The molecule has 18 heavy (non-hydrogen) atoms. The van der Waals surface area contributed by atoms with Crippen molar-refractivity contribution in [2.24, 2.45) is 0 Å². The Morgan fingerprint density at radius 2 is 2.06 bits per heavy atom. The molecule has 1 atom stereocenters. The van der Waals surface area contributed by atoms with Crippen LogP contribution in [0.25, 0.3) is 0 Å². The number of anilines is 1. The summed E-state index contributed by atoms with van der Waals surface area (Å²) in [6.07, 6.45) is 0. The highest BCUT2D eigenvalue weighted by atomic mass is 16.5. The summed E-state index contributed by atoms with van der Waals surface area (Å²) in [5.74, 6) is 1.40. The lowest BCUT2D eigenvalue weighted by Crippen LogP contribution is -2.12. The van der Waals surface area contributed by atoms with Gasteiger partial charge in [0.15, 0.2) is 0 Å². The Morgan fingerprint density at radius 3 is 2.94 bits per heavy atom. The monoisotopic (exact) mass is 239 g/mol. The molecule has 1 heterocycles. The van der Waals surface area contributed by atoms with Gasteiger partial charge in [-0.3, -0.25) is 0 Å². The minimum absolute atomic E-state index is 0.446. The van der Waals surface area contributed by atoms with Gasteiger partial charge in [-0.05, 0) is 36.2 Å². The smallest absolute Gasteiger partial charge is 0.119 e. The van der Waals surface area contributed by atoms with Gasteiger partial charge in [-0.25, -0.2) is 0 Å². The molecular formula is C16H17NO. The SMILES string of the molecule is Cc1cccc(OCC2CNc3ccccc32)c1. The first-order valence-electron chi connectivity index (χ1n) is 6.35. The summed E-state index contributed by atoms with van der Waals surface area (Å²) >= 11 is 0. The lowest BCUT2D eigenvalue weighted by Gasteiger charge is -2.12. The maximum atomic E-state index is 5.89. The van der Waals surface area contributed by atoms with E-state index in [2.05, 4.69) is 48.6 Å². The molecule has 92 valence electrons. The zero-order chi connectivity index (χ0) is 12.4. The largest absolute Gasteiger partial charge is 0.493 e. The Balaban J connectivity index is 1.69. The zero-order valence-electron chi connectivity index (χ0n) is 10.5. The number of aryl methyl sites for hydroxylation is 1. The Labute approximate surface area is 108 Å². The topological polar surface area (TPSA) is 21.3 Å². The minimum atomic E-state index is 0.446. The van der Waals surface area contributed by atoms with E-state index in [0.717, 1.165) is 18.9 Å². The van der Waals surface area contributed by atoms with E-state index >= 15 is 0 Å². The zero-order valence-corrected chi connectivity index (χ0v) is 10.5. The second kappa shape index (κ2) is 4.73. The van der Waals surface area contributed by atoms with Gasteiger partial charge in [0.05, 0.1) is 6.61 Å². The summed E-state index contributed by atoms with van der Waals surface area (Å²) in [7, 11) is 0. The maximum absolute atomic E-state index is 5.89. The van der Waals surface area contributed by atoms with Crippen molar-refractivity contribution in [3.05, 3.63) is 59.7 Å². The van der Waals surface area contributed by atoms with Crippen LogP contribution in [0, 0.1) is 6.92 Å². The summed E-state index contributed by atoms with van der Waals surface area (Å²) < 4.78 is 5.89. The first-order valence-corrected chi connectivity index (χ1v) is 6.35. The second-order valence-corrected chi connectivity index (χ2v) is 4.79. The van der Waals surface area contributed by atoms with Crippen molar-refractivity contribution in [3.63, 3.8) is 0 Å². The van der Waals surface area contributed by atoms with E-state index in [4.69, 9.17) is 4.74 Å². The number of fused-ring (bicyclic) bond motifs is 1. The van der Waals surface area contributed by atoms with Crippen LogP contribution in [0.3, 0.4) is 0 Å². The van der Waals surface area contributed by atoms with Gasteiger partial charge in [0.2, 0.25) is 0 Å². The lowest BCUT2D eigenvalue weighted by molar-refractivity contribution is 0.295. The van der Waals surface area contributed by atoms with Crippen LogP contribution < -0.4 is 10.1 Å². The van der Waals surface area contributed by atoms with Crippen molar-refractivity contribution in [1.82, 2.24) is 0 Å². The molecule has 1 N–H and O–H groups in total. The van der Waals surface area contributed by atoms with E-state index in [0.29, 0.717) is 5.92 Å². The predicted octanol–water partition coefficient (Wildman–Crippen LogP) is 3.58. The van der Waals surface area contributed by atoms with Gasteiger partial charge in [0, 0.05) is 18.2 Å². The van der Waals surface area contributed by atoms with E-state index in [1.54, 1.807) is 0 Å². The van der Waals surface area contributed by atoms with Gasteiger partial charge in [0.25, 0.3) is 0 Å². The van der Waals surface area contributed by atoms with Crippen LogP contribution in [0.5, 0.6) is 5.75 Å². The van der Waals surface area contributed by atoms with E-state index in [1.165, 1.54) is 16.8 Å². The molecule has 0 spiro atoms. The summed E-state index contributed by atoms with van der Waals surface area (Å²) in [5.41, 5.74) is 3.85. The molecule has 2 nitrogen and oxygen atoms in total. The Morgan fingerprint density at radius 1 is 1.17 bits per heavy atom. The van der Waals surface area contributed by atoms with E-state index in [9.17, 15) is 0 Å². The van der Waals surface area contributed by atoms with Gasteiger partial charge in [-0.15, -0.1) is 0 Å². The molecule has 2 aromatic rings. The summed E-state index contributed by atoms with van der Waals surface area (Å²) in [5, 5.41) is 3.42. The summed E-state index contributed by atoms with van der Waals surface area (Å²) in [6, 6.07) is 16.7. The van der Waals surface area contributed by atoms with E-state index in [-0.39, 0.29) is 0 Å². The summed E-state index contributed by atoms with van der Waals surface area (Å²) in [6.45, 7) is 3.78. The molecule has 0 fully saturated rings. The molecule has 2 heteroatoms. The molecule has 0 aliphatic carbocycles. The highest BCUT2D eigenvalue weighted by Gasteiger charge is 2.21. The first-order chi connectivity index (χ1) is 8.83. The minimum Gasteiger partial charge on any atom is -0.493 e. The third kappa shape index (κ3) is 2.19. The van der Waals surface area contributed by atoms with Crippen molar-refractivity contribution in [3.8, 4) is 5.75 Å². The van der Waals surface area contributed by atoms with Crippen molar-refractivity contribution in [1.29, 1.82) is 0 Å². The molecule has 2 aromatic carbocycles. The van der Waals surface area contributed by atoms with E-state index in [1.807, 2.05) is 12.1 Å². The van der Waals surface area contributed by atoms with Crippen LogP contribution in [-0.4, -0.2) is 13.2 Å². The van der Waals surface area contributed by atoms with Crippen molar-refractivity contribution in [2.45, 2.75) is 12.8 Å². The van der Waals surface area contributed by atoms with Crippen LogP contribution in [0.2, 0.25) is 0 Å². The lowest BCUT2D eigenvalue weighted by atomic mass is 10.0. The molecule has 0 saturated heterocycles. The Kier molecular flexibility index (Phi) is 2.93. The van der Waals surface area contributed by atoms with Crippen LogP contribution in [0.1, 0.15) is 17.0 Å². The average Bonchev–Trinajstić information content (AvgIpc) is 2.80. The van der Waals surface area contributed by atoms with Gasteiger partial charge in [-0.1, -0.05) is 30.3 Å². The van der Waals surface area contributed by atoms with Gasteiger partial charge >= 0.3 is 0 Å². The number of benzene rings is 2. The van der Waals surface area contributed by atoms with E-state index < -0.39 is 0 Å². The highest BCUT2D eigenvalue weighted by Crippen LogP contribution is 2.31. The third-order valence-corrected chi connectivity index (χ3v) is 3.38. The Bertz CT molecular complexity index is 550. The molecule has 3 rings (SSSR count). The van der Waals surface area contributed by atoms with Gasteiger partial charge in [0.1, 0.15) is 5.75 Å². The fourth-order valence-electron chi connectivity index (χ4n) is 2.41. The van der Waals surface area contributed by atoms with Crippen molar-refractivity contribution >= 4 is 5.69 Å². The fraction of sp³-hybridized carbons (Fsp3) is 0.250. The molecule has 1 unspecified atom stereocenters. The molecule has 0 saturated carbocycles. The van der Waals surface area contributed by atoms with Crippen LogP contribution in [0.15, 0.2) is 48.5 Å². The second-order valence-electron chi connectivity index (χ2n) is 4.79. The third-order valence-electron chi connectivity index (χ3n) is 3.38. The predicted molar refractivity (Wildman–Crippen MR) is 74.3 cm³/mol. The molecule has 0 aromatic heterocycles. The number of rotatable bonds is 3. The molecule has 1 aliphatic rings. The van der Waals surface area contributed by atoms with Crippen LogP contribution >= 0.6 is 0 Å². The number of hydrogen-bond acceptors (Lipinski definition) is 2. The van der Waals surface area contributed by atoms with Crippen LogP contribution in [-0.2, 0) is 0 Å². The number of ether oxygens (including phenoxy) is 1. The van der Waals surface area contributed by atoms with Gasteiger partial charge in [-0.2, -0.15) is 0 Å². The fourth-order valence-corrected chi connectivity index (χ4v) is 2.41. The Hall–Kier alpha value is -1.96. The molecule has 0 radical (unpaired) electrons. The molecule has 0 bridgehead atoms. The van der Waals surface area contributed by atoms with Gasteiger partial charge < -0.3 is 10.1 Å². The normalized spacial score (nSPS) is 17.1. The van der Waals surface area contributed by atoms with Crippen LogP contribution in [0.4, 0.5) is 5.69 Å². The molecule has 1 aliphatic heterocycles. The summed E-state index contributed by atoms with van der Waals surface area (Å²) in [4.78, 5) is 0. The molecular weight excluding hydrogens is 222 g/mol. The number of nitrogens with one attached hydrogen (secondary N) is 1. The average molecular weight is 239 g/mol. The maximum Gasteiger partial charge on any atom is 0.119 e. The quantitative estimate of drug-likeness (QED) is 0.884. The highest BCUT2D eigenvalue weighted by molar-refractivity contribution is 5.57. The van der Waals surface area contributed by atoms with Crippen molar-refractivity contribution < 1.29 is 4.74 Å². The van der Waals surface area contributed by atoms with Crippen molar-refractivity contribution in [2.75, 3.05) is 18.5 Å².